The van der Waals surface area contributed by atoms with E-state index in [0.717, 1.165) is 0 Å². The number of pyridine rings is 1. The molecule has 9 heteroatoms. The van der Waals surface area contributed by atoms with Crippen LogP contribution >= 0.6 is 11.6 Å². The maximum atomic E-state index is 12.9. The number of carbonyl (C=O) groups excluding carboxylic acids is 1. The highest BCUT2D eigenvalue weighted by Crippen LogP contribution is 2.30. The lowest BCUT2D eigenvalue weighted by Gasteiger charge is -2.20. The van der Waals surface area contributed by atoms with Crippen LogP contribution in [0.2, 0.25) is 5.02 Å². The zero-order chi connectivity index (χ0) is 19.8. The van der Waals surface area contributed by atoms with Gasteiger partial charge in [-0.1, -0.05) is 11.6 Å². The zero-order valence-electron chi connectivity index (χ0n) is 15.1. The fourth-order valence-electron chi connectivity index (χ4n) is 2.73. The topological polar surface area (TPSA) is 85.8 Å². The number of carbonyl (C=O) groups is 1. The number of halogens is 1. The molecule has 0 bridgehead atoms. The average Bonchev–Trinajstić information content (AvgIpc) is 2.74. The molecule has 0 saturated carbocycles. The van der Waals surface area contributed by atoms with Gasteiger partial charge in [0.2, 0.25) is 5.88 Å². The number of rotatable bonds is 4. The molecular formula is C18H19ClN2O5S. The van der Waals surface area contributed by atoms with E-state index in [9.17, 15) is 13.2 Å². The minimum Gasteiger partial charge on any atom is -0.495 e. The van der Waals surface area contributed by atoms with E-state index in [4.69, 9.17) is 21.1 Å². The molecule has 7 nitrogen and oxygen atoms in total. The Kier molecular flexibility index (Phi) is 5.30. The first-order valence-corrected chi connectivity index (χ1v) is 10.2. The predicted molar refractivity (Wildman–Crippen MR) is 100 cm³/mol. The van der Waals surface area contributed by atoms with Crippen molar-refractivity contribution in [3.63, 3.8) is 0 Å². The molecule has 1 aliphatic rings. The molecule has 0 unspecified atom stereocenters. The van der Waals surface area contributed by atoms with E-state index >= 15 is 0 Å². The zero-order valence-corrected chi connectivity index (χ0v) is 16.7. The highest BCUT2D eigenvalue weighted by molar-refractivity contribution is 7.90. The molecule has 0 N–H and O–H groups in total. The smallest absolute Gasteiger partial charge is 0.259 e. The van der Waals surface area contributed by atoms with E-state index in [1.54, 1.807) is 18.0 Å². The molecule has 2 aromatic rings. The van der Waals surface area contributed by atoms with Gasteiger partial charge in [-0.05, 0) is 36.8 Å². The molecule has 0 spiro atoms. The third-order valence-electron chi connectivity index (χ3n) is 4.40. The van der Waals surface area contributed by atoms with Gasteiger partial charge in [0, 0.05) is 18.3 Å². The SMILES string of the molecule is COc1ccc(Cl)cc1S(=O)(=O)Cc1cnc2c(c1)C(=O)N(C)[C@@H](C)CO2. The maximum absolute atomic E-state index is 12.9. The number of amides is 1. The number of methoxy groups -OCH3 is 1. The Bertz CT molecular complexity index is 993. The van der Waals surface area contributed by atoms with E-state index in [1.165, 1.54) is 31.5 Å². The van der Waals surface area contributed by atoms with E-state index in [-0.39, 0.29) is 44.8 Å². The summed E-state index contributed by atoms with van der Waals surface area (Å²) in [5.74, 6) is -0.203. The minimum atomic E-state index is -3.77. The largest absolute Gasteiger partial charge is 0.495 e. The van der Waals surface area contributed by atoms with Crippen molar-refractivity contribution in [2.24, 2.45) is 0 Å². The van der Waals surface area contributed by atoms with Gasteiger partial charge in [-0.3, -0.25) is 4.79 Å². The summed E-state index contributed by atoms with van der Waals surface area (Å²) >= 11 is 5.95. The lowest BCUT2D eigenvalue weighted by molar-refractivity contribution is 0.0732. The first-order chi connectivity index (χ1) is 12.7. The number of sulfone groups is 1. The first-order valence-electron chi connectivity index (χ1n) is 8.18. The van der Waals surface area contributed by atoms with Crippen LogP contribution in [-0.4, -0.2) is 51.0 Å². The van der Waals surface area contributed by atoms with Gasteiger partial charge < -0.3 is 14.4 Å². The average molecular weight is 411 g/mol. The molecular weight excluding hydrogens is 392 g/mol. The van der Waals surface area contributed by atoms with Crippen LogP contribution in [-0.2, 0) is 15.6 Å². The molecule has 1 aliphatic heterocycles. The fourth-order valence-corrected chi connectivity index (χ4v) is 4.49. The molecule has 144 valence electrons. The molecule has 2 heterocycles. The predicted octanol–water partition coefficient (Wildman–Crippen LogP) is 2.57. The van der Waals surface area contributed by atoms with Gasteiger partial charge in [0.15, 0.2) is 9.84 Å². The number of aromatic nitrogens is 1. The number of fused-ring (bicyclic) bond motifs is 1. The third kappa shape index (κ3) is 3.86. The van der Waals surface area contributed by atoms with E-state index in [2.05, 4.69) is 4.98 Å². The van der Waals surface area contributed by atoms with Gasteiger partial charge in [0.05, 0.1) is 18.9 Å². The normalized spacial score (nSPS) is 17.1. The van der Waals surface area contributed by atoms with Crippen molar-refractivity contribution in [1.29, 1.82) is 0 Å². The summed E-state index contributed by atoms with van der Waals surface area (Å²) in [5, 5.41) is 0.286. The molecule has 0 aliphatic carbocycles. The number of nitrogens with zero attached hydrogens (tertiary/aromatic N) is 2. The van der Waals surface area contributed by atoms with Gasteiger partial charge in [-0.25, -0.2) is 13.4 Å². The lowest BCUT2D eigenvalue weighted by Crippen LogP contribution is -2.36. The first kappa shape index (κ1) is 19.4. The second kappa shape index (κ2) is 7.36. The second-order valence-electron chi connectivity index (χ2n) is 6.33. The fraction of sp³-hybridized carbons (Fsp3) is 0.333. The molecule has 0 fully saturated rings. The van der Waals surface area contributed by atoms with E-state index in [1.807, 2.05) is 6.92 Å². The van der Waals surface area contributed by atoms with Crippen molar-refractivity contribution in [3.8, 4) is 11.6 Å². The highest BCUT2D eigenvalue weighted by Gasteiger charge is 2.28. The van der Waals surface area contributed by atoms with E-state index < -0.39 is 9.84 Å². The Morgan fingerprint density at radius 1 is 1.37 bits per heavy atom. The van der Waals surface area contributed by atoms with Crippen LogP contribution in [0.1, 0.15) is 22.8 Å². The Hall–Kier alpha value is -2.32. The minimum absolute atomic E-state index is 0.0132. The molecule has 27 heavy (non-hydrogen) atoms. The van der Waals surface area contributed by atoms with Gasteiger partial charge in [0.1, 0.15) is 22.8 Å². The van der Waals surface area contributed by atoms with Gasteiger partial charge in [-0.15, -0.1) is 0 Å². The van der Waals surface area contributed by atoms with E-state index in [0.29, 0.717) is 12.2 Å². The van der Waals surface area contributed by atoms with Crippen molar-refractivity contribution >= 4 is 27.3 Å². The van der Waals surface area contributed by atoms with Crippen molar-refractivity contribution in [2.75, 3.05) is 20.8 Å². The number of likely N-dealkylation sites (N-methyl/N-ethyl adjacent to an activating group) is 1. The van der Waals surface area contributed by atoms with Crippen LogP contribution in [0.25, 0.3) is 0 Å². The van der Waals surface area contributed by atoms with Gasteiger partial charge in [0.25, 0.3) is 5.91 Å². The van der Waals surface area contributed by atoms with Crippen molar-refractivity contribution in [1.82, 2.24) is 9.88 Å². The Labute approximate surface area is 162 Å². The molecule has 1 amide bonds. The summed E-state index contributed by atoms with van der Waals surface area (Å²) < 4.78 is 36.5. The van der Waals surface area contributed by atoms with Crippen LogP contribution in [0.4, 0.5) is 0 Å². The third-order valence-corrected chi connectivity index (χ3v) is 6.34. The molecule has 0 saturated heterocycles. The monoisotopic (exact) mass is 410 g/mol. The van der Waals surface area contributed by atoms with Crippen molar-refractivity contribution in [3.05, 3.63) is 46.6 Å². The Balaban J connectivity index is 1.98. The molecule has 0 radical (unpaired) electrons. The quantitative estimate of drug-likeness (QED) is 0.770. The van der Waals surface area contributed by atoms with Crippen LogP contribution in [0.15, 0.2) is 35.4 Å². The lowest BCUT2D eigenvalue weighted by atomic mass is 10.2. The number of ether oxygens (including phenoxy) is 2. The summed E-state index contributed by atoms with van der Waals surface area (Å²) in [4.78, 5) is 18.3. The molecule has 3 rings (SSSR count). The summed E-state index contributed by atoms with van der Waals surface area (Å²) in [7, 11) is -0.711. The van der Waals surface area contributed by atoms with Crippen molar-refractivity contribution in [2.45, 2.75) is 23.6 Å². The van der Waals surface area contributed by atoms with Crippen LogP contribution in [0.3, 0.4) is 0 Å². The number of hydrogen-bond donors (Lipinski definition) is 0. The van der Waals surface area contributed by atoms with Gasteiger partial charge in [-0.2, -0.15) is 0 Å². The maximum Gasteiger partial charge on any atom is 0.259 e. The highest BCUT2D eigenvalue weighted by atomic mass is 35.5. The summed E-state index contributed by atoms with van der Waals surface area (Å²) in [5.41, 5.74) is 0.614. The molecule has 1 aromatic heterocycles. The second-order valence-corrected chi connectivity index (χ2v) is 8.72. The summed E-state index contributed by atoms with van der Waals surface area (Å²) in [6.45, 7) is 2.18. The van der Waals surface area contributed by atoms with Crippen LogP contribution in [0.5, 0.6) is 11.6 Å². The Morgan fingerprint density at radius 3 is 2.81 bits per heavy atom. The summed E-state index contributed by atoms with van der Waals surface area (Å²) in [6.07, 6.45) is 1.40. The number of benzene rings is 1. The number of hydrogen-bond acceptors (Lipinski definition) is 6. The summed E-state index contributed by atoms with van der Waals surface area (Å²) in [6, 6.07) is 5.79. The van der Waals surface area contributed by atoms with Crippen LogP contribution < -0.4 is 9.47 Å². The standard InChI is InChI=1S/C18H19ClN2O5S/c1-11-9-26-17-14(18(22)21(11)2)6-12(8-20-17)10-27(23,24)16-7-13(19)4-5-15(16)25-3/h4-8,11H,9-10H2,1-3H3/t11-/m0/s1. The Morgan fingerprint density at radius 2 is 2.11 bits per heavy atom. The van der Waals surface area contributed by atoms with Gasteiger partial charge >= 0.3 is 0 Å². The van der Waals surface area contributed by atoms with Crippen molar-refractivity contribution < 1.29 is 22.7 Å². The van der Waals surface area contributed by atoms with Crippen LogP contribution in [0, 0.1) is 0 Å². The molecule has 1 atom stereocenters. The molecule has 1 aromatic carbocycles.